The lowest BCUT2D eigenvalue weighted by Gasteiger charge is -2.37. The summed E-state index contributed by atoms with van der Waals surface area (Å²) in [6, 6.07) is 5.52. The lowest BCUT2D eigenvalue weighted by molar-refractivity contribution is -0.126. The summed E-state index contributed by atoms with van der Waals surface area (Å²) in [6.45, 7) is 5.18. The molecule has 0 bridgehead atoms. The van der Waals surface area contributed by atoms with Crippen molar-refractivity contribution in [2.24, 2.45) is 5.92 Å². The number of carbonyl (C=O) groups is 2. The largest absolute Gasteiger partial charge is 0.449 e. The Morgan fingerprint density at radius 3 is 2.85 bits per heavy atom. The number of aryl methyl sites for hydroxylation is 1. The number of hydrogen-bond donors (Lipinski definition) is 1. The van der Waals surface area contributed by atoms with E-state index in [1.807, 2.05) is 26.0 Å². The molecule has 1 N–H and O–H groups in total. The highest BCUT2D eigenvalue weighted by molar-refractivity contribution is 6.35. The van der Waals surface area contributed by atoms with Crippen LogP contribution in [0.15, 0.2) is 22.6 Å². The Morgan fingerprint density at radius 1 is 1.37 bits per heavy atom. The number of piperidine rings is 1. The zero-order valence-electron chi connectivity index (χ0n) is 15.9. The van der Waals surface area contributed by atoms with Crippen LogP contribution in [0.4, 0.5) is 0 Å². The van der Waals surface area contributed by atoms with Gasteiger partial charge in [0.1, 0.15) is 0 Å². The van der Waals surface area contributed by atoms with Gasteiger partial charge in [0.25, 0.3) is 5.91 Å². The van der Waals surface area contributed by atoms with Gasteiger partial charge in [-0.3, -0.25) is 9.59 Å². The monoisotopic (exact) mass is 392 g/mol. The number of halogens is 1. The topological polar surface area (TPSA) is 71.8 Å². The average molecular weight is 393 g/mol. The summed E-state index contributed by atoms with van der Waals surface area (Å²) in [5, 5.41) is 4.19. The molecular formula is C20H25ClN2O4. The number of furan rings is 1. The zero-order chi connectivity index (χ0) is 19.6. The number of rotatable bonds is 5. The van der Waals surface area contributed by atoms with Crippen LogP contribution >= 0.6 is 11.6 Å². The Labute approximate surface area is 163 Å². The number of nitrogens with one attached hydrogen (secondary N) is 1. The van der Waals surface area contributed by atoms with Gasteiger partial charge < -0.3 is 19.4 Å². The fourth-order valence-corrected chi connectivity index (χ4v) is 3.78. The lowest BCUT2D eigenvalue weighted by atomic mass is 9.92. The van der Waals surface area contributed by atoms with Crippen LogP contribution in [0.1, 0.15) is 35.9 Å². The molecular weight excluding hydrogens is 368 g/mol. The van der Waals surface area contributed by atoms with E-state index in [9.17, 15) is 9.59 Å². The minimum absolute atomic E-state index is 0.0406. The first kappa shape index (κ1) is 19.7. The summed E-state index contributed by atoms with van der Waals surface area (Å²) in [5.41, 5.74) is 1.30. The number of methoxy groups -OCH3 is 1. The van der Waals surface area contributed by atoms with Gasteiger partial charge in [0.05, 0.1) is 17.5 Å². The van der Waals surface area contributed by atoms with E-state index in [4.69, 9.17) is 20.8 Å². The highest BCUT2D eigenvalue weighted by Gasteiger charge is 2.35. The molecule has 0 radical (unpaired) electrons. The Morgan fingerprint density at radius 2 is 2.15 bits per heavy atom. The number of hydrogen-bond acceptors (Lipinski definition) is 4. The molecule has 1 aromatic heterocycles. The second-order valence-corrected chi connectivity index (χ2v) is 7.44. The minimum atomic E-state index is -0.227. The van der Waals surface area contributed by atoms with Crippen molar-refractivity contribution in [3.63, 3.8) is 0 Å². The van der Waals surface area contributed by atoms with Crippen LogP contribution < -0.4 is 5.32 Å². The van der Waals surface area contributed by atoms with Crippen LogP contribution in [-0.2, 0) is 9.53 Å². The molecule has 27 heavy (non-hydrogen) atoms. The number of para-hydroxylation sites is 1. The Bertz CT molecular complexity index is 848. The van der Waals surface area contributed by atoms with Crippen LogP contribution in [0.3, 0.4) is 0 Å². The maximum atomic E-state index is 13.2. The molecule has 1 aromatic carbocycles. The molecule has 1 saturated heterocycles. The third-order valence-corrected chi connectivity index (χ3v) is 5.53. The van der Waals surface area contributed by atoms with Gasteiger partial charge in [-0.15, -0.1) is 0 Å². The molecule has 0 unspecified atom stereocenters. The van der Waals surface area contributed by atoms with E-state index in [1.54, 1.807) is 18.1 Å². The van der Waals surface area contributed by atoms with E-state index in [0.29, 0.717) is 36.1 Å². The van der Waals surface area contributed by atoms with Crippen LogP contribution in [0.25, 0.3) is 11.0 Å². The zero-order valence-corrected chi connectivity index (χ0v) is 16.6. The fraction of sp³-hybridized carbons (Fsp3) is 0.500. The number of ether oxygens (including phenoxy) is 1. The normalized spacial score (nSPS) is 20.1. The molecule has 7 heteroatoms. The first-order valence-corrected chi connectivity index (χ1v) is 9.57. The van der Waals surface area contributed by atoms with Crippen molar-refractivity contribution in [1.29, 1.82) is 0 Å². The van der Waals surface area contributed by atoms with Crippen molar-refractivity contribution in [1.82, 2.24) is 10.2 Å². The van der Waals surface area contributed by atoms with Crippen molar-refractivity contribution in [2.45, 2.75) is 32.7 Å². The molecule has 0 saturated carbocycles. The van der Waals surface area contributed by atoms with Gasteiger partial charge in [-0.25, -0.2) is 0 Å². The molecule has 1 aliphatic rings. The van der Waals surface area contributed by atoms with Crippen molar-refractivity contribution in [3.05, 3.63) is 34.5 Å². The summed E-state index contributed by atoms with van der Waals surface area (Å²) < 4.78 is 10.8. The smallest absolute Gasteiger partial charge is 0.290 e. The van der Waals surface area contributed by atoms with Gasteiger partial charge in [-0.1, -0.05) is 23.7 Å². The van der Waals surface area contributed by atoms with Gasteiger partial charge in [0, 0.05) is 37.2 Å². The third kappa shape index (κ3) is 3.96. The minimum Gasteiger partial charge on any atom is -0.449 e. The van der Waals surface area contributed by atoms with Crippen LogP contribution in [-0.4, -0.2) is 49.6 Å². The molecule has 146 valence electrons. The molecule has 1 fully saturated rings. The summed E-state index contributed by atoms with van der Waals surface area (Å²) in [7, 11) is 1.59. The standard InChI is InChI=1S/C20H25ClN2O4/c1-12-7-8-14(19(24)22-9-10-26-3)11-23(12)20(25)17-13(2)15-5-4-6-16(21)18(15)27-17/h4-6,12,14H,7-11H2,1-3H3,(H,22,24)/t12-,14-/m1/s1. The van der Waals surface area contributed by atoms with Gasteiger partial charge in [-0.05, 0) is 32.8 Å². The number of amides is 2. The van der Waals surface area contributed by atoms with Gasteiger partial charge >= 0.3 is 0 Å². The highest BCUT2D eigenvalue weighted by Crippen LogP contribution is 2.33. The first-order chi connectivity index (χ1) is 12.9. The maximum absolute atomic E-state index is 13.2. The van der Waals surface area contributed by atoms with Crippen LogP contribution in [0.5, 0.6) is 0 Å². The number of carbonyl (C=O) groups excluding carboxylic acids is 2. The van der Waals surface area contributed by atoms with Crippen molar-refractivity contribution in [2.75, 3.05) is 26.8 Å². The Balaban J connectivity index is 1.80. The van der Waals surface area contributed by atoms with Gasteiger partial charge in [0.15, 0.2) is 11.3 Å². The van der Waals surface area contributed by atoms with E-state index < -0.39 is 0 Å². The summed E-state index contributed by atoms with van der Waals surface area (Å²) in [5.74, 6) is -0.163. The Kier molecular flexibility index (Phi) is 6.07. The fourth-order valence-electron chi connectivity index (χ4n) is 3.57. The molecule has 1 aliphatic heterocycles. The lowest BCUT2D eigenvalue weighted by Crippen LogP contribution is -2.49. The SMILES string of the molecule is COCCNC(=O)[C@@H]1CC[C@@H](C)N(C(=O)c2oc3c(Cl)cccc3c2C)C1. The molecule has 6 nitrogen and oxygen atoms in total. The van der Waals surface area contributed by atoms with E-state index in [0.717, 1.165) is 23.8 Å². The average Bonchev–Trinajstić information content (AvgIpc) is 3.00. The van der Waals surface area contributed by atoms with Crippen molar-refractivity contribution < 1.29 is 18.7 Å². The molecule has 0 spiro atoms. The summed E-state index contributed by atoms with van der Waals surface area (Å²) in [6.07, 6.45) is 1.53. The molecule has 0 aliphatic carbocycles. The first-order valence-electron chi connectivity index (χ1n) is 9.19. The van der Waals surface area contributed by atoms with Crippen molar-refractivity contribution in [3.8, 4) is 0 Å². The second-order valence-electron chi connectivity index (χ2n) is 7.04. The number of benzene rings is 1. The maximum Gasteiger partial charge on any atom is 0.290 e. The second kappa shape index (κ2) is 8.31. The predicted molar refractivity (Wildman–Crippen MR) is 104 cm³/mol. The van der Waals surface area contributed by atoms with E-state index in [2.05, 4.69) is 5.32 Å². The quantitative estimate of drug-likeness (QED) is 0.791. The highest BCUT2D eigenvalue weighted by atomic mass is 35.5. The van der Waals surface area contributed by atoms with Crippen molar-refractivity contribution >= 4 is 34.4 Å². The van der Waals surface area contributed by atoms with Crippen LogP contribution in [0, 0.1) is 12.8 Å². The van der Waals surface area contributed by atoms with E-state index >= 15 is 0 Å². The summed E-state index contributed by atoms with van der Waals surface area (Å²) >= 11 is 6.20. The van der Waals surface area contributed by atoms with Gasteiger partial charge in [0.2, 0.25) is 5.91 Å². The number of likely N-dealkylation sites (tertiary alicyclic amines) is 1. The molecule has 3 rings (SSSR count). The summed E-state index contributed by atoms with van der Waals surface area (Å²) in [4.78, 5) is 27.3. The number of fused-ring (bicyclic) bond motifs is 1. The number of nitrogens with zero attached hydrogens (tertiary/aromatic N) is 1. The Hall–Kier alpha value is -2.05. The molecule has 2 amide bonds. The molecule has 2 atom stereocenters. The van der Waals surface area contributed by atoms with E-state index in [-0.39, 0.29) is 23.8 Å². The third-order valence-electron chi connectivity index (χ3n) is 5.23. The molecule has 2 heterocycles. The van der Waals surface area contributed by atoms with Crippen LogP contribution in [0.2, 0.25) is 5.02 Å². The van der Waals surface area contributed by atoms with E-state index in [1.165, 1.54) is 0 Å². The van der Waals surface area contributed by atoms with Gasteiger partial charge in [-0.2, -0.15) is 0 Å². The molecule has 2 aromatic rings. The predicted octanol–water partition coefficient (Wildman–Crippen LogP) is 3.40.